The predicted molar refractivity (Wildman–Crippen MR) is 105 cm³/mol. The number of hydrogen-bond acceptors (Lipinski definition) is 4. The minimum atomic E-state index is -0.289. The molecule has 6 nitrogen and oxygen atoms in total. The molecule has 2 aromatic rings. The van der Waals surface area contributed by atoms with Crippen LogP contribution in [0.2, 0.25) is 5.02 Å². The number of carbonyl (C=O) groups excluding carboxylic acids is 2. The van der Waals surface area contributed by atoms with Crippen molar-refractivity contribution in [2.45, 2.75) is 0 Å². The summed E-state index contributed by atoms with van der Waals surface area (Å²) in [6.07, 6.45) is 0. The van der Waals surface area contributed by atoms with Crippen LogP contribution < -0.4 is 10.6 Å². The zero-order valence-electron chi connectivity index (χ0n) is 14.9. The summed E-state index contributed by atoms with van der Waals surface area (Å²) in [5.41, 5.74) is 1.56. The molecule has 2 amide bonds. The number of morpholine rings is 1. The van der Waals surface area contributed by atoms with E-state index in [9.17, 15) is 9.59 Å². The summed E-state index contributed by atoms with van der Waals surface area (Å²) in [4.78, 5) is 26.7. The average molecular weight is 388 g/mol. The summed E-state index contributed by atoms with van der Waals surface area (Å²) in [7, 11) is 0. The third-order valence-corrected chi connectivity index (χ3v) is 4.67. The Hall–Kier alpha value is -2.41. The molecule has 7 heteroatoms. The quantitative estimate of drug-likeness (QED) is 0.799. The van der Waals surface area contributed by atoms with Crippen LogP contribution in [0.3, 0.4) is 0 Å². The maximum absolute atomic E-state index is 12.3. The summed E-state index contributed by atoms with van der Waals surface area (Å²) in [5.74, 6) is -0.421. The van der Waals surface area contributed by atoms with E-state index in [1.807, 2.05) is 0 Å². The first-order valence-electron chi connectivity index (χ1n) is 8.88. The van der Waals surface area contributed by atoms with Crippen LogP contribution in [0.5, 0.6) is 0 Å². The molecule has 0 aliphatic carbocycles. The lowest BCUT2D eigenvalue weighted by molar-refractivity contribution is 0.0383. The molecule has 0 radical (unpaired) electrons. The molecule has 0 spiro atoms. The van der Waals surface area contributed by atoms with Gasteiger partial charge in [0.2, 0.25) is 0 Å². The third-order valence-electron chi connectivity index (χ3n) is 4.34. The molecule has 0 unspecified atom stereocenters. The van der Waals surface area contributed by atoms with E-state index < -0.39 is 0 Å². The fourth-order valence-electron chi connectivity index (χ4n) is 2.80. The molecule has 0 saturated carbocycles. The smallest absolute Gasteiger partial charge is 0.257 e. The monoisotopic (exact) mass is 387 g/mol. The molecule has 1 aliphatic heterocycles. The van der Waals surface area contributed by atoms with Gasteiger partial charge in [0, 0.05) is 37.4 Å². The highest BCUT2D eigenvalue weighted by atomic mass is 35.5. The Balaban J connectivity index is 1.49. The first kappa shape index (κ1) is 19.4. The van der Waals surface area contributed by atoms with Crippen molar-refractivity contribution in [3.8, 4) is 0 Å². The molecule has 0 bridgehead atoms. The van der Waals surface area contributed by atoms with Gasteiger partial charge in [-0.1, -0.05) is 23.7 Å². The van der Waals surface area contributed by atoms with Gasteiger partial charge in [-0.05, 0) is 36.4 Å². The number of nitrogens with one attached hydrogen (secondary N) is 2. The molecule has 27 heavy (non-hydrogen) atoms. The van der Waals surface area contributed by atoms with E-state index in [2.05, 4.69) is 15.5 Å². The summed E-state index contributed by atoms with van der Waals surface area (Å²) in [6.45, 7) is 4.68. The van der Waals surface area contributed by atoms with Crippen molar-refractivity contribution in [3.05, 3.63) is 64.7 Å². The summed E-state index contributed by atoms with van der Waals surface area (Å²) >= 11 is 6.03. The predicted octanol–water partition coefficient (Wildman–Crippen LogP) is 2.65. The Kier molecular flexibility index (Phi) is 6.81. The van der Waals surface area contributed by atoms with Gasteiger partial charge in [-0.2, -0.15) is 0 Å². The lowest BCUT2D eigenvalue weighted by atomic mass is 10.1. The molecule has 142 valence electrons. The van der Waals surface area contributed by atoms with E-state index in [1.54, 1.807) is 48.5 Å². The van der Waals surface area contributed by atoms with Crippen molar-refractivity contribution in [2.24, 2.45) is 0 Å². The number of halogens is 1. The Morgan fingerprint density at radius 3 is 2.41 bits per heavy atom. The Morgan fingerprint density at radius 1 is 1.00 bits per heavy atom. The van der Waals surface area contributed by atoms with Gasteiger partial charge in [-0.25, -0.2) is 0 Å². The van der Waals surface area contributed by atoms with Crippen LogP contribution in [0, 0.1) is 0 Å². The van der Waals surface area contributed by atoms with E-state index in [-0.39, 0.29) is 11.8 Å². The normalized spacial score (nSPS) is 14.6. The standard InChI is InChI=1S/C20H22ClN3O3/c21-18-4-2-1-3-17(18)20(26)23-16-7-5-15(6-8-16)19(25)22-9-10-24-11-13-27-14-12-24/h1-8H,9-14H2,(H,22,25)(H,23,26). The molecule has 3 rings (SSSR count). The van der Waals surface area contributed by atoms with Crippen molar-refractivity contribution in [3.63, 3.8) is 0 Å². The minimum absolute atomic E-state index is 0.132. The molecular formula is C20H22ClN3O3. The van der Waals surface area contributed by atoms with Gasteiger partial charge >= 0.3 is 0 Å². The van der Waals surface area contributed by atoms with E-state index in [1.165, 1.54) is 0 Å². The highest BCUT2D eigenvalue weighted by Gasteiger charge is 2.12. The number of carbonyl (C=O) groups is 2. The molecule has 1 saturated heterocycles. The molecule has 1 aliphatic rings. The topological polar surface area (TPSA) is 70.7 Å². The molecular weight excluding hydrogens is 366 g/mol. The number of nitrogens with zero attached hydrogens (tertiary/aromatic N) is 1. The molecule has 1 fully saturated rings. The van der Waals surface area contributed by atoms with Crippen molar-refractivity contribution in [1.82, 2.24) is 10.2 Å². The fourth-order valence-corrected chi connectivity index (χ4v) is 3.02. The van der Waals surface area contributed by atoms with Gasteiger partial charge in [0.25, 0.3) is 11.8 Å². The summed E-state index contributed by atoms with van der Waals surface area (Å²) < 4.78 is 5.30. The van der Waals surface area contributed by atoms with Crippen LogP contribution in [0.25, 0.3) is 0 Å². The number of benzene rings is 2. The number of hydrogen-bond donors (Lipinski definition) is 2. The molecule has 0 atom stereocenters. The van der Waals surface area contributed by atoms with Gasteiger partial charge in [-0.3, -0.25) is 14.5 Å². The van der Waals surface area contributed by atoms with Crippen molar-refractivity contribution in [2.75, 3.05) is 44.7 Å². The zero-order chi connectivity index (χ0) is 19.1. The van der Waals surface area contributed by atoms with Gasteiger partial charge in [-0.15, -0.1) is 0 Å². The molecule has 1 heterocycles. The second kappa shape index (κ2) is 9.50. The lowest BCUT2D eigenvalue weighted by Gasteiger charge is -2.26. The van der Waals surface area contributed by atoms with Gasteiger partial charge in [0.15, 0.2) is 0 Å². The Bertz CT molecular complexity index is 789. The van der Waals surface area contributed by atoms with E-state index in [0.29, 0.717) is 28.4 Å². The number of anilines is 1. The van der Waals surface area contributed by atoms with Crippen LogP contribution in [0.15, 0.2) is 48.5 Å². The van der Waals surface area contributed by atoms with Crippen LogP contribution in [0.1, 0.15) is 20.7 Å². The number of rotatable bonds is 6. The van der Waals surface area contributed by atoms with E-state index in [0.717, 1.165) is 32.8 Å². The van der Waals surface area contributed by atoms with E-state index >= 15 is 0 Å². The third kappa shape index (κ3) is 5.53. The Morgan fingerprint density at radius 2 is 1.70 bits per heavy atom. The second-order valence-electron chi connectivity index (χ2n) is 6.22. The summed E-state index contributed by atoms with van der Waals surface area (Å²) in [5, 5.41) is 6.09. The molecule has 2 aromatic carbocycles. The zero-order valence-corrected chi connectivity index (χ0v) is 15.7. The van der Waals surface area contributed by atoms with Gasteiger partial charge in [0.1, 0.15) is 0 Å². The first-order valence-corrected chi connectivity index (χ1v) is 9.25. The van der Waals surface area contributed by atoms with Crippen LogP contribution >= 0.6 is 11.6 Å². The fraction of sp³-hybridized carbons (Fsp3) is 0.300. The average Bonchev–Trinajstić information content (AvgIpc) is 2.69. The SMILES string of the molecule is O=C(NCCN1CCOCC1)c1ccc(NC(=O)c2ccccc2Cl)cc1. The van der Waals surface area contributed by atoms with Crippen LogP contribution in [-0.4, -0.2) is 56.1 Å². The van der Waals surface area contributed by atoms with Gasteiger partial charge < -0.3 is 15.4 Å². The highest BCUT2D eigenvalue weighted by Crippen LogP contribution is 2.17. The lowest BCUT2D eigenvalue weighted by Crippen LogP contribution is -2.41. The van der Waals surface area contributed by atoms with Crippen LogP contribution in [-0.2, 0) is 4.74 Å². The minimum Gasteiger partial charge on any atom is -0.379 e. The van der Waals surface area contributed by atoms with Crippen molar-refractivity contribution < 1.29 is 14.3 Å². The number of amides is 2. The number of ether oxygens (including phenoxy) is 1. The van der Waals surface area contributed by atoms with Crippen molar-refractivity contribution in [1.29, 1.82) is 0 Å². The molecule has 0 aromatic heterocycles. The maximum Gasteiger partial charge on any atom is 0.257 e. The van der Waals surface area contributed by atoms with Crippen molar-refractivity contribution >= 4 is 29.1 Å². The van der Waals surface area contributed by atoms with Gasteiger partial charge in [0.05, 0.1) is 23.8 Å². The maximum atomic E-state index is 12.3. The first-order chi connectivity index (χ1) is 13.1. The van der Waals surface area contributed by atoms with Crippen LogP contribution in [0.4, 0.5) is 5.69 Å². The summed E-state index contributed by atoms with van der Waals surface area (Å²) in [6, 6.07) is 13.6. The highest BCUT2D eigenvalue weighted by molar-refractivity contribution is 6.34. The van der Waals surface area contributed by atoms with E-state index in [4.69, 9.17) is 16.3 Å². The molecule has 2 N–H and O–H groups in total. The Labute approximate surface area is 163 Å². The largest absolute Gasteiger partial charge is 0.379 e. The second-order valence-corrected chi connectivity index (χ2v) is 6.63.